The highest BCUT2D eigenvalue weighted by Gasteiger charge is 2.27. The lowest BCUT2D eigenvalue weighted by Crippen LogP contribution is -2.47. The Bertz CT molecular complexity index is 241. The Kier molecular flexibility index (Phi) is 5.46. The number of β-amino-alcohol motifs (C(OH)–C–C–N with tert-alkyl or cyclic N) is 1. The van der Waals surface area contributed by atoms with E-state index in [-0.39, 0.29) is 6.10 Å². The van der Waals surface area contributed by atoms with Crippen molar-refractivity contribution in [3.63, 3.8) is 0 Å². The molecule has 2 aliphatic rings. The van der Waals surface area contributed by atoms with E-state index in [1.54, 1.807) is 0 Å². The Morgan fingerprint density at radius 2 is 1.89 bits per heavy atom. The van der Waals surface area contributed by atoms with Crippen LogP contribution in [0.5, 0.6) is 0 Å². The summed E-state index contributed by atoms with van der Waals surface area (Å²) in [5.41, 5.74) is 5.78. The number of likely N-dealkylation sites (tertiary alicyclic amines) is 1. The molecule has 3 heteroatoms. The highest BCUT2D eigenvalue weighted by molar-refractivity contribution is 4.82. The first-order valence-corrected chi connectivity index (χ1v) is 7.81. The van der Waals surface area contributed by atoms with Gasteiger partial charge in [-0.1, -0.05) is 25.7 Å². The average Bonchev–Trinajstić information content (AvgIpc) is 2.84. The zero-order valence-electron chi connectivity index (χ0n) is 11.9. The van der Waals surface area contributed by atoms with Crippen LogP contribution in [0, 0.1) is 11.8 Å². The van der Waals surface area contributed by atoms with Gasteiger partial charge in [0, 0.05) is 19.1 Å². The molecule has 1 heterocycles. The van der Waals surface area contributed by atoms with Crippen LogP contribution in [0.15, 0.2) is 0 Å². The zero-order valence-corrected chi connectivity index (χ0v) is 11.9. The average molecular weight is 254 g/mol. The van der Waals surface area contributed by atoms with Gasteiger partial charge in [-0.15, -0.1) is 0 Å². The van der Waals surface area contributed by atoms with Crippen LogP contribution in [-0.2, 0) is 0 Å². The van der Waals surface area contributed by atoms with E-state index < -0.39 is 0 Å². The van der Waals surface area contributed by atoms with E-state index in [9.17, 15) is 5.11 Å². The molecule has 0 bridgehead atoms. The Morgan fingerprint density at radius 3 is 2.56 bits per heavy atom. The first-order valence-electron chi connectivity index (χ1n) is 7.81. The van der Waals surface area contributed by atoms with E-state index in [1.165, 1.54) is 38.5 Å². The minimum Gasteiger partial charge on any atom is -0.392 e. The van der Waals surface area contributed by atoms with Crippen molar-refractivity contribution in [2.75, 3.05) is 19.6 Å². The molecule has 3 unspecified atom stereocenters. The minimum atomic E-state index is -0.132. The molecule has 2 rings (SSSR count). The number of hydrogen-bond acceptors (Lipinski definition) is 3. The molecule has 1 aliphatic carbocycles. The lowest BCUT2D eigenvalue weighted by Gasteiger charge is -2.39. The standard InChI is InChI=1S/C15H30N2O/c1-12-6-7-14(9-16)10-17(12)11-15(18)8-13-4-2-3-5-13/h12-15,18H,2-11,16H2,1H3. The lowest BCUT2D eigenvalue weighted by atomic mass is 9.92. The third kappa shape index (κ3) is 3.94. The number of aliphatic hydroxyl groups is 1. The topological polar surface area (TPSA) is 49.5 Å². The van der Waals surface area contributed by atoms with Crippen molar-refractivity contribution in [2.45, 2.75) is 64.0 Å². The highest BCUT2D eigenvalue weighted by Crippen LogP contribution is 2.29. The highest BCUT2D eigenvalue weighted by atomic mass is 16.3. The van der Waals surface area contributed by atoms with E-state index >= 15 is 0 Å². The molecule has 1 aliphatic heterocycles. The first kappa shape index (κ1) is 14.3. The first-order chi connectivity index (χ1) is 8.69. The summed E-state index contributed by atoms with van der Waals surface area (Å²) in [5, 5.41) is 10.3. The predicted octanol–water partition coefficient (Wildman–Crippen LogP) is 1.99. The van der Waals surface area contributed by atoms with Gasteiger partial charge in [-0.2, -0.15) is 0 Å². The maximum absolute atomic E-state index is 10.3. The molecule has 1 saturated carbocycles. The summed E-state index contributed by atoms with van der Waals surface area (Å²) in [6.07, 6.45) is 8.77. The van der Waals surface area contributed by atoms with Crippen molar-refractivity contribution in [3.05, 3.63) is 0 Å². The van der Waals surface area contributed by atoms with Crippen LogP contribution in [0.4, 0.5) is 0 Å². The van der Waals surface area contributed by atoms with Gasteiger partial charge < -0.3 is 10.8 Å². The van der Waals surface area contributed by atoms with Crippen LogP contribution in [0.2, 0.25) is 0 Å². The number of aliphatic hydroxyl groups excluding tert-OH is 1. The molecule has 0 amide bonds. The molecular weight excluding hydrogens is 224 g/mol. The van der Waals surface area contributed by atoms with Crippen molar-refractivity contribution in [3.8, 4) is 0 Å². The van der Waals surface area contributed by atoms with Crippen LogP contribution in [0.25, 0.3) is 0 Å². The van der Waals surface area contributed by atoms with Crippen molar-refractivity contribution in [2.24, 2.45) is 17.6 Å². The van der Waals surface area contributed by atoms with Gasteiger partial charge in [0.25, 0.3) is 0 Å². The fourth-order valence-electron chi connectivity index (χ4n) is 3.69. The molecule has 3 N–H and O–H groups in total. The van der Waals surface area contributed by atoms with Gasteiger partial charge in [-0.25, -0.2) is 0 Å². The van der Waals surface area contributed by atoms with E-state index in [2.05, 4.69) is 11.8 Å². The summed E-state index contributed by atoms with van der Waals surface area (Å²) in [6.45, 7) is 5.02. The third-order valence-corrected chi connectivity index (χ3v) is 4.97. The van der Waals surface area contributed by atoms with Gasteiger partial charge in [0.15, 0.2) is 0 Å². The summed E-state index contributed by atoms with van der Waals surface area (Å²) in [5.74, 6) is 1.42. The van der Waals surface area contributed by atoms with Gasteiger partial charge in [-0.3, -0.25) is 4.90 Å². The van der Waals surface area contributed by atoms with E-state index in [0.717, 1.165) is 32.0 Å². The van der Waals surface area contributed by atoms with Crippen molar-refractivity contribution in [1.29, 1.82) is 0 Å². The Labute approximate surface area is 112 Å². The smallest absolute Gasteiger partial charge is 0.0669 e. The second kappa shape index (κ2) is 6.88. The molecule has 3 atom stereocenters. The molecule has 0 aromatic heterocycles. The van der Waals surface area contributed by atoms with Crippen LogP contribution < -0.4 is 5.73 Å². The molecule has 18 heavy (non-hydrogen) atoms. The maximum atomic E-state index is 10.3. The molecule has 3 nitrogen and oxygen atoms in total. The van der Waals surface area contributed by atoms with E-state index in [1.807, 2.05) is 0 Å². The molecule has 106 valence electrons. The fraction of sp³-hybridized carbons (Fsp3) is 1.00. The summed E-state index contributed by atoms with van der Waals surface area (Å²) < 4.78 is 0. The number of nitrogens with two attached hydrogens (primary N) is 1. The number of nitrogens with zero attached hydrogens (tertiary/aromatic N) is 1. The Hall–Kier alpha value is -0.120. The van der Waals surface area contributed by atoms with Crippen molar-refractivity contribution < 1.29 is 5.11 Å². The summed E-state index contributed by atoms with van der Waals surface area (Å²) >= 11 is 0. The van der Waals surface area contributed by atoms with Gasteiger partial charge in [0.1, 0.15) is 0 Å². The molecule has 0 aromatic carbocycles. The second-order valence-corrected chi connectivity index (χ2v) is 6.52. The van der Waals surface area contributed by atoms with Crippen molar-refractivity contribution >= 4 is 0 Å². The maximum Gasteiger partial charge on any atom is 0.0669 e. The quantitative estimate of drug-likeness (QED) is 0.789. The molecular formula is C15H30N2O. The molecule has 2 fully saturated rings. The largest absolute Gasteiger partial charge is 0.392 e. The molecule has 0 radical (unpaired) electrons. The zero-order chi connectivity index (χ0) is 13.0. The number of piperidine rings is 1. The third-order valence-electron chi connectivity index (χ3n) is 4.97. The molecule has 0 aromatic rings. The van der Waals surface area contributed by atoms with Crippen LogP contribution in [0.1, 0.15) is 51.9 Å². The Morgan fingerprint density at radius 1 is 1.17 bits per heavy atom. The number of hydrogen-bond donors (Lipinski definition) is 2. The van der Waals surface area contributed by atoms with Gasteiger partial charge in [-0.05, 0) is 44.6 Å². The summed E-state index contributed by atoms with van der Waals surface area (Å²) in [7, 11) is 0. The summed E-state index contributed by atoms with van der Waals surface area (Å²) in [6, 6.07) is 0.617. The predicted molar refractivity (Wildman–Crippen MR) is 75.4 cm³/mol. The Balaban J connectivity index is 1.75. The van der Waals surface area contributed by atoms with Crippen LogP contribution >= 0.6 is 0 Å². The van der Waals surface area contributed by atoms with Crippen LogP contribution in [-0.4, -0.2) is 41.8 Å². The van der Waals surface area contributed by atoms with Gasteiger partial charge >= 0.3 is 0 Å². The molecule has 1 saturated heterocycles. The monoisotopic (exact) mass is 254 g/mol. The fourth-order valence-corrected chi connectivity index (χ4v) is 3.69. The molecule has 0 spiro atoms. The minimum absolute atomic E-state index is 0.132. The van der Waals surface area contributed by atoms with Crippen LogP contribution in [0.3, 0.4) is 0 Å². The van der Waals surface area contributed by atoms with Gasteiger partial charge in [0.2, 0.25) is 0 Å². The van der Waals surface area contributed by atoms with Gasteiger partial charge in [0.05, 0.1) is 6.10 Å². The SMILES string of the molecule is CC1CCC(CN)CN1CC(O)CC1CCCC1. The normalized spacial score (nSPS) is 32.8. The van der Waals surface area contributed by atoms with Crippen molar-refractivity contribution in [1.82, 2.24) is 4.90 Å². The lowest BCUT2D eigenvalue weighted by molar-refractivity contribution is 0.0441. The van der Waals surface area contributed by atoms with E-state index in [0.29, 0.717) is 12.0 Å². The van der Waals surface area contributed by atoms with E-state index in [4.69, 9.17) is 5.73 Å². The second-order valence-electron chi connectivity index (χ2n) is 6.52. The number of rotatable bonds is 5. The summed E-state index contributed by atoms with van der Waals surface area (Å²) in [4.78, 5) is 2.46.